The number of carbonyl (C=O) groups is 2. The fraction of sp³-hybridized carbons (Fsp3) is 0.225. The van der Waals surface area contributed by atoms with Gasteiger partial charge in [0.2, 0.25) is 0 Å². The van der Waals surface area contributed by atoms with E-state index in [-0.39, 0.29) is 11.9 Å². The SMILES string of the molecule is O=C(NC1CCCCC1)c1ccc(-c2ccc(CN(Cc3cccnc3)C(=O)NCc3ccc(-c4ccccc4)cc3)cc2)cc1. The van der Waals surface area contributed by atoms with E-state index in [4.69, 9.17) is 0 Å². The fourth-order valence-corrected chi connectivity index (χ4v) is 6.00. The number of urea groups is 1. The summed E-state index contributed by atoms with van der Waals surface area (Å²) in [5.74, 6) is 0.00461. The van der Waals surface area contributed by atoms with Crippen molar-refractivity contribution in [3.05, 3.63) is 150 Å². The van der Waals surface area contributed by atoms with Crippen LogP contribution in [0.5, 0.6) is 0 Å². The standard InChI is InChI=1S/C40H40N4O2/c45-39(43-38-11-5-2-6-12-38)37-23-21-36(22-24-37)35-19-15-31(16-20-35)28-44(29-32-8-7-25-41-26-32)40(46)42-27-30-13-17-34(18-14-30)33-9-3-1-4-10-33/h1,3-4,7-10,13-26,38H,2,5-6,11-12,27-29H2,(H,42,46)(H,43,45). The summed E-state index contributed by atoms with van der Waals surface area (Å²) in [4.78, 5) is 32.3. The summed E-state index contributed by atoms with van der Waals surface area (Å²) in [5, 5.41) is 6.30. The number of nitrogens with zero attached hydrogens (tertiary/aromatic N) is 2. The van der Waals surface area contributed by atoms with Crippen LogP contribution in [-0.4, -0.2) is 27.9 Å². The third-order valence-corrected chi connectivity index (χ3v) is 8.64. The molecule has 6 nitrogen and oxygen atoms in total. The van der Waals surface area contributed by atoms with Crippen LogP contribution in [-0.2, 0) is 19.6 Å². The Hall–Kier alpha value is -5.23. The molecule has 1 fully saturated rings. The lowest BCUT2D eigenvalue weighted by Crippen LogP contribution is -2.38. The van der Waals surface area contributed by atoms with E-state index in [0.717, 1.165) is 46.2 Å². The number of hydrogen-bond donors (Lipinski definition) is 2. The molecule has 1 aliphatic rings. The van der Waals surface area contributed by atoms with E-state index in [1.54, 1.807) is 12.4 Å². The number of amides is 3. The van der Waals surface area contributed by atoms with Crippen molar-refractivity contribution in [3.63, 3.8) is 0 Å². The topological polar surface area (TPSA) is 74.3 Å². The molecule has 0 spiro atoms. The third-order valence-electron chi connectivity index (χ3n) is 8.64. The molecular formula is C40H40N4O2. The maximum Gasteiger partial charge on any atom is 0.318 e. The Labute approximate surface area is 271 Å². The van der Waals surface area contributed by atoms with Gasteiger partial charge in [0.15, 0.2) is 0 Å². The summed E-state index contributed by atoms with van der Waals surface area (Å²) in [5.41, 5.74) is 8.14. The van der Waals surface area contributed by atoms with Gasteiger partial charge in [-0.1, -0.05) is 116 Å². The Balaban J connectivity index is 1.09. The highest BCUT2D eigenvalue weighted by molar-refractivity contribution is 5.94. The van der Waals surface area contributed by atoms with Crippen LogP contribution in [0.15, 0.2) is 128 Å². The summed E-state index contributed by atoms with van der Waals surface area (Å²) < 4.78 is 0. The second kappa shape index (κ2) is 15.2. The first-order valence-electron chi connectivity index (χ1n) is 16.2. The lowest BCUT2D eigenvalue weighted by molar-refractivity contribution is 0.0927. The molecule has 0 bridgehead atoms. The molecule has 6 heteroatoms. The van der Waals surface area contributed by atoms with E-state index < -0.39 is 0 Å². The molecule has 1 aromatic heterocycles. The average Bonchev–Trinajstić information content (AvgIpc) is 3.12. The van der Waals surface area contributed by atoms with E-state index in [1.165, 1.54) is 24.8 Å². The maximum atomic E-state index is 13.5. The van der Waals surface area contributed by atoms with Gasteiger partial charge < -0.3 is 15.5 Å². The predicted molar refractivity (Wildman–Crippen MR) is 184 cm³/mol. The summed E-state index contributed by atoms with van der Waals surface area (Å²) in [6.07, 6.45) is 9.32. The molecule has 0 aliphatic heterocycles. The minimum absolute atomic E-state index is 0.00461. The molecule has 5 aromatic rings. The molecule has 1 aliphatic carbocycles. The van der Waals surface area contributed by atoms with Gasteiger partial charge in [0.05, 0.1) is 0 Å². The third kappa shape index (κ3) is 8.27. The molecular weight excluding hydrogens is 568 g/mol. The van der Waals surface area contributed by atoms with Crippen LogP contribution in [0.1, 0.15) is 59.2 Å². The zero-order chi connectivity index (χ0) is 31.6. The van der Waals surface area contributed by atoms with Crippen molar-refractivity contribution in [1.82, 2.24) is 20.5 Å². The van der Waals surface area contributed by atoms with E-state index in [2.05, 4.69) is 76.3 Å². The molecule has 2 N–H and O–H groups in total. The van der Waals surface area contributed by atoms with Crippen molar-refractivity contribution < 1.29 is 9.59 Å². The molecule has 46 heavy (non-hydrogen) atoms. The molecule has 0 unspecified atom stereocenters. The second-order valence-corrected chi connectivity index (χ2v) is 12.0. The molecule has 1 saturated carbocycles. The van der Waals surface area contributed by atoms with E-state index in [1.807, 2.05) is 59.5 Å². The van der Waals surface area contributed by atoms with Gasteiger partial charge in [-0.15, -0.1) is 0 Å². The Morgan fingerprint density at radius 2 is 1.22 bits per heavy atom. The van der Waals surface area contributed by atoms with Gasteiger partial charge >= 0.3 is 6.03 Å². The first-order chi connectivity index (χ1) is 22.6. The highest BCUT2D eigenvalue weighted by atomic mass is 16.2. The van der Waals surface area contributed by atoms with E-state index in [9.17, 15) is 9.59 Å². The van der Waals surface area contributed by atoms with Crippen molar-refractivity contribution in [2.24, 2.45) is 0 Å². The molecule has 3 amide bonds. The van der Waals surface area contributed by atoms with Crippen molar-refractivity contribution in [2.75, 3.05) is 0 Å². The summed E-state index contributed by atoms with van der Waals surface area (Å²) in [6.45, 7) is 1.33. The van der Waals surface area contributed by atoms with Crippen LogP contribution >= 0.6 is 0 Å². The number of benzene rings is 4. The number of rotatable bonds is 10. The quantitative estimate of drug-likeness (QED) is 0.167. The van der Waals surface area contributed by atoms with Gasteiger partial charge in [0, 0.05) is 43.6 Å². The Morgan fingerprint density at radius 3 is 1.85 bits per heavy atom. The zero-order valence-corrected chi connectivity index (χ0v) is 26.1. The zero-order valence-electron chi connectivity index (χ0n) is 26.1. The molecule has 6 rings (SSSR count). The second-order valence-electron chi connectivity index (χ2n) is 12.0. The van der Waals surface area contributed by atoms with Gasteiger partial charge in [0.25, 0.3) is 5.91 Å². The summed E-state index contributed by atoms with van der Waals surface area (Å²) in [7, 11) is 0. The lowest BCUT2D eigenvalue weighted by atomic mass is 9.95. The van der Waals surface area contributed by atoms with Gasteiger partial charge in [-0.3, -0.25) is 9.78 Å². The highest BCUT2D eigenvalue weighted by Crippen LogP contribution is 2.23. The number of pyridine rings is 1. The van der Waals surface area contributed by atoms with Gasteiger partial charge in [-0.25, -0.2) is 4.79 Å². The van der Waals surface area contributed by atoms with Crippen LogP contribution in [0, 0.1) is 0 Å². The van der Waals surface area contributed by atoms with Crippen molar-refractivity contribution in [2.45, 2.75) is 57.8 Å². The number of hydrogen-bond acceptors (Lipinski definition) is 3. The Bertz CT molecular complexity index is 1700. The number of nitrogens with one attached hydrogen (secondary N) is 2. The van der Waals surface area contributed by atoms with Crippen LogP contribution < -0.4 is 10.6 Å². The first-order valence-corrected chi connectivity index (χ1v) is 16.2. The summed E-state index contributed by atoms with van der Waals surface area (Å²) in [6, 6.07) is 38.6. The molecule has 0 radical (unpaired) electrons. The normalized spacial score (nSPS) is 13.1. The van der Waals surface area contributed by atoms with Crippen LogP contribution in [0.25, 0.3) is 22.3 Å². The smallest absolute Gasteiger partial charge is 0.318 e. The molecule has 1 heterocycles. The summed E-state index contributed by atoms with van der Waals surface area (Å²) >= 11 is 0. The minimum Gasteiger partial charge on any atom is -0.349 e. The number of aromatic nitrogens is 1. The molecule has 232 valence electrons. The Morgan fingerprint density at radius 1 is 0.630 bits per heavy atom. The predicted octanol–water partition coefficient (Wildman–Crippen LogP) is 8.39. The lowest BCUT2D eigenvalue weighted by Gasteiger charge is -2.23. The van der Waals surface area contributed by atoms with Crippen LogP contribution in [0.2, 0.25) is 0 Å². The van der Waals surface area contributed by atoms with Crippen LogP contribution in [0.4, 0.5) is 4.79 Å². The maximum absolute atomic E-state index is 13.5. The van der Waals surface area contributed by atoms with Crippen LogP contribution in [0.3, 0.4) is 0 Å². The van der Waals surface area contributed by atoms with Gasteiger partial charge in [0.1, 0.15) is 0 Å². The minimum atomic E-state index is -0.137. The molecule has 0 saturated heterocycles. The largest absolute Gasteiger partial charge is 0.349 e. The monoisotopic (exact) mass is 608 g/mol. The van der Waals surface area contributed by atoms with Crippen molar-refractivity contribution >= 4 is 11.9 Å². The molecule has 4 aromatic carbocycles. The Kier molecular flexibility index (Phi) is 10.2. The van der Waals surface area contributed by atoms with Crippen molar-refractivity contribution in [1.29, 1.82) is 0 Å². The first kappa shape index (κ1) is 30.8. The van der Waals surface area contributed by atoms with Gasteiger partial charge in [-0.2, -0.15) is 0 Å². The van der Waals surface area contributed by atoms with Gasteiger partial charge in [-0.05, 0) is 70.0 Å². The fourth-order valence-electron chi connectivity index (χ4n) is 6.00. The van der Waals surface area contributed by atoms with Crippen molar-refractivity contribution in [3.8, 4) is 22.3 Å². The van der Waals surface area contributed by atoms with E-state index >= 15 is 0 Å². The number of carbonyl (C=O) groups excluding carboxylic acids is 2. The van der Waals surface area contributed by atoms with E-state index in [0.29, 0.717) is 31.2 Å². The molecule has 0 atom stereocenters. The average molecular weight is 609 g/mol. The highest BCUT2D eigenvalue weighted by Gasteiger charge is 2.17.